The Labute approximate surface area is 246 Å². The number of rotatable bonds is 9. The van der Waals surface area contributed by atoms with E-state index in [1.807, 2.05) is 37.3 Å². The Kier molecular flexibility index (Phi) is 9.47. The standard InChI is InChI=1S/C30H26Cl2N2O5S/c1-4-38-30(37)26-25(19-8-6-5-7-9-19)18(3)40-29(26)34-28(36)20-10-13-22(14-11-20)39-17(2)27(35)33-24-16-21(31)12-15-23(24)32/h5-17H,4H2,1-3H3,(H,33,35)(H,34,36). The van der Waals surface area contributed by atoms with Crippen molar-refractivity contribution in [2.24, 2.45) is 0 Å². The molecule has 2 amide bonds. The largest absolute Gasteiger partial charge is 0.481 e. The molecule has 0 radical (unpaired) electrons. The average molecular weight is 598 g/mol. The van der Waals surface area contributed by atoms with Crippen LogP contribution in [0.5, 0.6) is 5.75 Å². The van der Waals surface area contributed by atoms with Gasteiger partial charge in [0.1, 0.15) is 16.3 Å². The number of hydrogen-bond donors (Lipinski definition) is 2. The van der Waals surface area contributed by atoms with E-state index in [9.17, 15) is 14.4 Å². The maximum atomic E-state index is 13.1. The van der Waals surface area contributed by atoms with Crippen molar-refractivity contribution in [1.82, 2.24) is 0 Å². The predicted molar refractivity (Wildman–Crippen MR) is 160 cm³/mol. The molecule has 4 rings (SSSR count). The molecule has 0 spiro atoms. The SMILES string of the molecule is CCOC(=O)c1c(NC(=O)c2ccc(OC(C)C(=O)Nc3cc(Cl)ccc3Cl)cc2)sc(C)c1-c1ccccc1. The van der Waals surface area contributed by atoms with Crippen molar-refractivity contribution in [3.05, 3.63) is 98.8 Å². The van der Waals surface area contributed by atoms with E-state index in [1.165, 1.54) is 11.3 Å². The van der Waals surface area contributed by atoms with Gasteiger partial charge in [-0.2, -0.15) is 0 Å². The van der Waals surface area contributed by atoms with Crippen LogP contribution in [0.3, 0.4) is 0 Å². The molecular weight excluding hydrogens is 571 g/mol. The van der Waals surface area contributed by atoms with E-state index in [1.54, 1.807) is 56.3 Å². The van der Waals surface area contributed by atoms with E-state index < -0.39 is 23.9 Å². The number of halogens is 2. The Hall–Kier alpha value is -3.85. The summed E-state index contributed by atoms with van der Waals surface area (Å²) in [5.74, 6) is -0.933. The first-order chi connectivity index (χ1) is 19.2. The number of amides is 2. The van der Waals surface area contributed by atoms with Crippen molar-refractivity contribution in [2.45, 2.75) is 26.9 Å². The summed E-state index contributed by atoms with van der Waals surface area (Å²) in [6, 6.07) is 20.6. The van der Waals surface area contributed by atoms with Gasteiger partial charge < -0.3 is 20.1 Å². The lowest BCUT2D eigenvalue weighted by Gasteiger charge is -2.16. The van der Waals surface area contributed by atoms with Crippen LogP contribution < -0.4 is 15.4 Å². The monoisotopic (exact) mass is 596 g/mol. The molecule has 0 bridgehead atoms. The summed E-state index contributed by atoms with van der Waals surface area (Å²) in [7, 11) is 0. The Morgan fingerprint density at radius 2 is 1.65 bits per heavy atom. The Morgan fingerprint density at radius 1 is 0.950 bits per heavy atom. The zero-order valence-corrected chi connectivity index (χ0v) is 24.2. The summed E-state index contributed by atoms with van der Waals surface area (Å²) in [5.41, 5.74) is 2.63. The van der Waals surface area contributed by atoms with Crippen LogP contribution in [0.2, 0.25) is 10.0 Å². The average Bonchev–Trinajstić information content (AvgIpc) is 3.26. The first-order valence-corrected chi connectivity index (χ1v) is 13.9. The highest BCUT2D eigenvalue weighted by molar-refractivity contribution is 7.17. The summed E-state index contributed by atoms with van der Waals surface area (Å²) in [4.78, 5) is 39.5. The van der Waals surface area contributed by atoms with Gasteiger partial charge in [0, 0.05) is 21.0 Å². The minimum absolute atomic E-state index is 0.208. The Bertz CT molecular complexity index is 1540. The number of hydrogen-bond acceptors (Lipinski definition) is 6. The minimum atomic E-state index is -0.854. The van der Waals surface area contributed by atoms with E-state index in [-0.39, 0.29) is 6.61 Å². The number of aryl methyl sites for hydroxylation is 1. The smallest absolute Gasteiger partial charge is 0.341 e. The summed E-state index contributed by atoms with van der Waals surface area (Å²) < 4.78 is 11.0. The molecule has 3 aromatic carbocycles. The third-order valence-electron chi connectivity index (χ3n) is 5.84. The lowest BCUT2D eigenvalue weighted by Crippen LogP contribution is -2.30. The van der Waals surface area contributed by atoms with Crippen molar-refractivity contribution in [2.75, 3.05) is 17.2 Å². The van der Waals surface area contributed by atoms with Gasteiger partial charge in [0.05, 0.1) is 17.3 Å². The molecule has 1 atom stereocenters. The van der Waals surface area contributed by atoms with Crippen LogP contribution in [0, 0.1) is 6.92 Å². The number of benzene rings is 3. The maximum absolute atomic E-state index is 13.1. The third kappa shape index (κ3) is 6.83. The van der Waals surface area contributed by atoms with E-state index in [2.05, 4.69) is 10.6 Å². The summed E-state index contributed by atoms with van der Waals surface area (Å²) >= 11 is 13.4. The molecule has 0 aliphatic rings. The van der Waals surface area contributed by atoms with Crippen molar-refractivity contribution in [3.8, 4) is 16.9 Å². The van der Waals surface area contributed by atoms with Gasteiger partial charge >= 0.3 is 5.97 Å². The van der Waals surface area contributed by atoms with Gasteiger partial charge in [-0.3, -0.25) is 9.59 Å². The van der Waals surface area contributed by atoms with E-state index >= 15 is 0 Å². The topological polar surface area (TPSA) is 93.7 Å². The van der Waals surface area contributed by atoms with Crippen molar-refractivity contribution in [3.63, 3.8) is 0 Å². The zero-order valence-electron chi connectivity index (χ0n) is 21.9. The van der Waals surface area contributed by atoms with Gasteiger partial charge in [-0.05, 0) is 68.8 Å². The van der Waals surface area contributed by atoms with Crippen LogP contribution in [-0.4, -0.2) is 30.5 Å². The van der Waals surface area contributed by atoms with Gasteiger partial charge in [-0.25, -0.2) is 4.79 Å². The van der Waals surface area contributed by atoms with Crippen LogP contribution in [0.25, 0.3) is 11.1 Å². The molecular formula is C30H26Cl2N2O5S. The van der Waals surface area contributed by atoms with Crippen molar-refractivity contribution < 1.29 is 23.9 Å². The molecule has 0 aliphatic heterocycles. The van der Waals surface area contributed by atoms with Gasteiger partial charge in [-0.15, -0.1) is 11.3 Å². The van der Waals surface area contributed by atoms with Crippen molar-refractivity contribution >= 4 is 63.0 Å². The number of ether oxygens (including phenoxy) is 2. The number of esters is 1. The molecule has 1 heterocycles. The Morgan fingerprint density at radius 3 is 2.33 bits per heavy atom. The lowest BCUT2D eigenvalue weighted by atomic mass is 10.0. The van der Waals surface area contributed by atoms with Gasteiger partial charge in [0.2, 0.25) is 0 Å². The van der Waals surface area contributed by atoms with Gasteiger partial charge in [0.15, 0.2) is 6.10 Å². The quantitative estimate of drug-likeness (QED) is 0.192. The van der Waals surface area contributed by atoms with Crippen LogP contribution in [0.4, 0.5) is 10.7 Å². The second kappa shape index (κ2) is 13.0. The first kappa shape index (κ1) is 29.1. The fraction of sp³-hybridized carbons (Fsp3) is 0.167. The lowest BCUT2D eigenvalue weighted by molar-refractivity contribution is -0.122. The molecule has 0 saturated heterocycles. The predicted octanol–water partition coefficient (Wildman–Crippen LogP) is 7.87. The number of anilines is 2. The van der Waals surface area contributed by atoms with Crippen LogP contribution in [0.15, 0.2) is 72.8 Å². The summed E-state index contributed by atoms with van der Waals surface area (Å²) in [6.45, 7) is 5.43. The van der Waals surface area contributed by atoms with Crippen LogP contribution in [0.1, 0.15) is 39.4 Å². The van der Waals surface area contributed by atoms with Gasteiger partial charge in [-0.1, -0.05) is 53.5 Å². The highest BCUT2D eigenvalue weighted by Gasteiger charge is 2.26. The molecule has 2 N–H and O–H groups in total. The minimum Gasteiger partial charge on any atom is -0.481 e. The highest BCUT2D eigenvalue weighted by Crippen LogP contribution is 2.40. The molecule has 0 aliphatic carbocycles. The maximum Gasteiger partial charge on any atom is 0.341 e. The molecule has 1 unspecified atom stereocenters. The van der Waals surface area contributed by atoms with E-state index in [0.29, 0.717) is 37.6 Å². The fourth-order valence-electron chi connectivity index (χ4n) is 3.93. The molecule has 0 fully saturated rings. The van der Waals surface area contributed by atoms with Crippen LogP contribution in [-0.2, 0) is 9.53 Å². The second-order valence-electron chi connectivity index (χ2n) is 8.68. The molecule has 7 nitrogen and oxygen atoms in total. The molecule has 0 saturated carbocycles. The number of nitrogens with one attached hydrogen (secondary N) is 2. The van der Waals surface area contributed by atoms with Gasteiger partial charge in [0.25, 0.3) is 11.8 Å². The normalized spacial score (nSPS) is 11.4. The van der Waals surface area contributed by atoms with E-state index in [0.717, 1.165) is 16.0 Å². The number of carbonyl (C=O) groups excluding carboxylic acids is 3. The van der Waals surface area contributed by atoms with Crippen LogP contribution >= 0.6 is 34.5 Å². The fourth-order valence-corrected chi connectivity index (χ4v) is 5.32. The highest BCUT2D eigenvalue weighted by atomic mass is 35.5. The molecule has 10 heteroatoms. The molecule has 4 aromatic rings. The third-order valence-corrected chi connectivity index (χ3v) is 7.42. The Balaban J connectivity index is 1.47. The molecule has 206 valence electrons. The van der Waals surface area contributed by atoms with Crippen molar-refractivity contribution in [1.29, 1.82) is 0 Å². The van der Waals surface area contributed by atoms with E-state index in [4.69, 9.17) is 32.7 Å². The molecule has 40 heavy (non-hydrogen) atoms. The number of thiophene rings is 1. The number of carbonyl (C=O) groups is 3. The summed E-state index contributed by atoms with van der Waals surface area (Å²) in [5, 5.41) is 6.75. The zero-order chi connectivity index (χ0) is 28.8. The summed E-state index contributed by atoms with van der Waals surface area (Å²) in [6.07, 6.45) is -0.854. The first-order valence-electron chi connectivity index (χ1n) is 12.4. The second-order valence-corrected chi connectivity index (χ2v) is 10.7. The molecule has 1 aromatic heterocycles.